The smallest absolute Gasteiger partial charge is 0.109 e. The maximum absolute atomic E-state index is 2.99. The van der Waals surface area contributed by atoms with Crippen LogP contribution in [0, 0.1) is 6.08 Å². The van der Waals surface area contributed by atoms with E-state index < -0.39 is 16.1 Å². The number of halogens is 2. The minimum atomic E-state index is -1.27. The van der Waals surface area contributed by atoms with Crippen molar-refractivity contribution in [3.8, 4) is 0 Å². The largest absolute Gasteiger partial charge is 1.00 e. The van der Waals surface area contributed by atoms with Crippen LogP contribution < -0.4 is 35.2 Å². The van der Waals surface area contributed by atoms with Crippen LogP contribution in [0.25, 0.3) is 21.5 Å². The maximum atomic E-state index is 2.99. The van der Waals surface area contributed by atoms with Gasteiger partial charge in [-0.2, -0.15) is 6.08 Å². The standard InChI is InChI=1S/C25H38Si2.C21H25.C5H5.2ClH.Hf/c1-7-26(8-2,9-3)24-17-13-22(14-18-24)21-23-15-19-25(20-16-23)27(10-4,11-5)12-6;1-20(2,3)16-7-9-18-14(12-16)11-15-13-17(21(4,5)6)8-10-19(15)18;1-2-4-5-3-1;;;/h13-20H,7-12H2,1-6H3;7-13H,1-6H3;1-3H,4H2;2*1H;/q;2*-1;;;+2/p-2. The zero-order valence-corrected chi connectivity index (χ0v) is 43.7. The van der Waals surface area contributed by atoms with Gasteiger partial charge in [-0.1, -0.05) is 76.9 Å². The summed E-state index contributed by atoms with van der Waals surface area (Å²) in [5.41, 5.74) is 6.07. The molecule has 0 nitrogen and oxygen atoms in total. The zero-order chi connectivity index (χ0) is 39.7. The first kappa shape index (κ1) is 50.1. The molecule has 0 spiro atoms. The summed E-state index contributed by atoms with van der Waals surface area (Å²) in [5.74, 6) is 0. The number of fused-ring (bicyclic) bond motifs is 3. The van der Waals surface area contributed by atoms with Crippen molar-refractivity contribution in [3.05, 3.63) is 138 Å². The molecule has 0 N–H and O–H groups in total. The second-order valence-corrected chi connectivity index (χ2v) is 29.8. The second-order valence-electron chi connectivity index (χ2n) is 17.5. The van der Waals surface area contributed by atoms with Crippen LogP contribution >= 0.6 is 0 Å². The van der Waals surface area contributed by atoms with Crippen molar-refractivity contribution in [2.45, 2.75) is 137 Å². The van der Waals surface area contributed by atoms with Crippen molar-refractivity contribution in [3.63, 3.8) is 0 Å². The number of hydrogen-bond acceptors (Lipinski definition) is 0. The Bertz CT molecular complexity index is 1870. The molecule has 0 unspecified atom stereocenters. The van der Waals surface area contributed by atoms with Crippen LogP contribution in [0.5, 0.6) is 0 Å². The molecule has 0 aromatic heterocycles. The van der Waals surface area contributed by atoms with Gasteiger partial charge in [-0.25, -0.2) is 12.2 Å². The molecule has 0 bridgehead atoms. The van der Waals surface area contributed by atoms with E-state index in [4.69, 9.17) is 0 Å². The van der Waals surface area contributed by atoms with Crippen LogP contribution in [0.2, 0.25) is 36.3 Å². The summed E-state index contributed by atoms with van der Waals surface area (Å²) in [4.78, 5) is 0. The first-order chi connectivity index (χ1) is 25.6. The molecule has 300 valence electrons. The van der Waals surface area contributed by atoms with Crippen LogP contribution in [0.4, 0.5) is 0 Å². The Morgan fingerprint density at radius 3 is 1.18 bits per heavy atom. The topological polar surface area (TPSA) is 0 Å². The molecule has 0 aliphatic heterocycles. The molecule has 0 heterocycles. The fraction of sp³-hybridized carbons (Fsp3) is 0.412. The van der Waals surface area contributed by atoms with E-state index in [1.807, 2.05) is 12.2 Å². The number of rotatable bonds is 10. The van der Waals surface area contributed by atoms with Gasteiger partial charge >= 0.3 is 191 Å². The molecule has 56 heavy (non-hydrogen) atoms. The van der Waals surface area contributed by atoms with E-state index in [1.165, 1.54) is 83.3 Å². The quantitative estimate of drug-likeness (QED) is 0.0990. The Balaban J connectivity index is 0.000000340. The Morgan fingerprint density at radius 1 is 0.571 bits per heavy atom. The molecule has 5 aromatic rings. The number of benzene rings is 4. The summed E-state index contributed by atoms with van der Waals surface area (Å²) in [7, 11) is -2.53. The van der Waals surface area contributed by atoms with Crippen LogP contribution in [0.3, 0.4) is 0 Å². The third kappa shape index (κ3) is 11.8. The normalized spacial score (nSPS) is 12.7. The average molecular weight is 987 g/mol. The molecular weight excluding hydrogens is 918 g/mol. The van der Waals surface area contributed by atoms with Gasteiger partial charge in [-0.3, -0.25) is 6.08 Å². The van der Waals surface area contributed by atoms with Crippen LogP contribution in [-0.2, 0) is 34.7 Å². The van der Waals surface area contributed by atoms with Gasteiger partial charge in [-0.15, -0.1) is 46.2 Å². The third-order valence-electron chi connectivity index (χ3n) is 12.7. The summed E-state index contributed by atoms with van der Waals surface area (Å²) in [6.45, 7) is 28.0. The number of allylic oxidation sites excluding steroid dienone is 4. The Morgan fingerprint density at radius 2 is 0.929 bits per heavy atom. The molecule has 0 amide bonds. The van der Waals surface area contributed by atoms with Gasteiger partial charge in [0.1, 0.15) is 0 Å². The van der Waals surface area contributed by atoms with E-state index in [9.17, 15) is 0 Å². The monoisotopic (exact) mass is 986 g/mol. The predicted molar refractivity (Wildman–Crippen MR) is 246 cm³/mol. The van der Waals surface area contributed by atoms with Gasteiger partial charge in [-0.05, 0) is 10.8 Å². The summed E-state index contributed by atoms with van der Waals surface area (Å²) < 4.78 is 1.53. The van der Waals surface area contributed by atoms with E-state index in [0.717, 1.165) is 30.3 Å². The van der Waals surface area contributed by atoms with Crippen molar-refractivity contribution in [2.24, 2.45) is 0 Å². The molecule has 5 heteroatoms. The summed E-state index contributed by atoms with van der Waals surface area (Å²) in [6, 6.07) is 43.7. The van der Waals surface area contributed by atoms with E-state index in [2.05, 4.69) is 186 Å². The van der Waals surface area contributed by atoms with Crippen molar-refractivity contribution in [1.82, 2.24) is 0 Å². The van der Waals surface area contributed by atoms with Gasteiger partial charge in [0.25, 0.3) is 0 Å². The van der Waals surface area contributed by atoms with Crippen molar-refractivity contribution in [2.75, 3.05) is 0 Å². The maximum Gasteiger partial charge on any atom is -0.109 e. The Kier molecular flexibility index (Phi) is 19.5. The van der Waals surface area contributed by atoms with Gasteiger partial charge < -0.3 is 24.8 Å². The molecule has 6 rings (SSSR count). The molecule has 0 saturated heterocycles. The van der Waals surface area contributed by atoms with E-state index >= 15 is 0 Å². The Labute approximate surface area is 371 Å². The molecular formula is C51H68Cl2HfSi2-2. The minimum absolute atomic E-state index is 0. The van der Waals surface area contributed by atoms with Gasteiger partial charge in [0.2, 0.25) is 0 Å². The zero-order valence-electron chi connectivity index (χ0n) is 36.6. The molecule has 0 saturated carbocycles. The molecule has 0 atom stereocenters. The summed E-state index contributed by atoms with van der Waals surface area (Å²) in [5, 5.41) is 8.78. The van der Waals surface area contributed by atoms with Gasteiger partial charge in [0.15, 0.2) is 0 Å². The first-order valence-electron chi connectivity index (χ1n) is 20.8. The fourth-order valence-electron chi connectivity index (χ4n) is 8.17. The summed E-state index contributed by atoms with van der Waals surface area (Å²) >= 11 is 1.08. The van der Waals surface area contributed by atoms with Crippen LogP contribution in [-0.4, -0.2) is 19.4 Å². The van der Waals surface area contributed by atoms with Gasteiger partial charge in [0, 0.05) is 0 Å². The molecule has 0 fully saturated rings. The third-order valence-corrected chi connectivity index (χ3v) is 26.0. The number of hydrogen-bond donors (Lipinski definition) is 0. The van der Waals surface area contributed by atoms with Crippen molar-refractivity contribution in [1.29, 1.82) is 0 Å². The second kappa shape index (κ2) is 21.8. The first-order valence-corrected chi connectivity index (χ1v) is 27.8. The van der Waals surface area contributed by atoms with Gasteiger partial charge in [0.05, 0.1) is 0 Å². The average Bonchev–Trinajstić information content (AvgIpc) is 3.88. The fourth-order valence-corrected chi connectivity index (χ4v) is 16.6. The van der Waals surface area contributed by atoms with Crippen LogP contribution in [0.15, 0.2) is 109 Å². The predicted octanol–water partition coefficient (Wildman–Crippen LogP) is 7.85. The molecule has 5 aromatic carbocycles. The minimum Gasteiger partial charge on any atom is -1.00 e. The van der Waals surface area contributed by atoms with Crippen molar-refractivity contribution < 1.29 is 48.7 Å². The molecule has 1 aliphatic carbocycles. The van der Waals surface area contributed by atoms with E-state index in [1.54, 1.807) is 10.4 Å². The SMILES string of the molecule is CC(C)(C)c1ccc2c(c1)[cH-]c1cc(C(C)(C)C)ccc12.CC[Si](CC)(CC)c1ccc([C](=[Hf+2])c2ccc([Si](CC)(CC)CC)cc2)cc1.[C-]1=CC=CC1.[Cl-].[Cl-]. The van der Waals surface area contributed by atoms with E-state index in [-0.39, 0.29) is 35.6 Å². The Hall–Kier alpha value is -2.02. The summed E-state index contributed by atoms with van der Waals surface area (Å²) in [6.07, 6.45) is 10.0. The molecule has 0 radical (unpaired) electrons. The van der Waals surface area contributed by atoms with E-state index in [0.29, 0.717) is 0 Å². The molecule has 1 aliphatic rings. The van der Waals surface area contributed by atoms with Crippen molar-refractivity contribution >= 4 is 51.3 Å². The van der Waals surface area contributed by atoms with Crippen LogP contribution in [0.1, 0.15) is 112 Å².